The molecule has 0 spiro atoms. The zero-order valence-corrected chi connectivity index (χ0v) is 16.8. The van der Waals surface area contributed by atoms with E-state index in [0.29, 0.717) is 25.7 Å². The number of ketones is 2. The Balaban J connectivity index is 2.51. The lowest BCUT2D eigenvalue weighted by atomic mass is 9.89. The van der Waals surface area contributed by atoms with Crippen LogP contribution in [0.1, 0.15) is 71.6 Å². The zero-order chi connectivity index (χ0) is 20.3. The van der Waals surface area contributed by atoms with Crippen LogP contribution in [-0.4, -0.2) is 45.2 Å². The molecule has 154 valence electrons. The highest BCUT2D eigenvalue weighted by Gasteiger charge is 2.39. The first-order chi connectivity index (χ1) is 12.8. The van der Waals surface area contributed by atoms with Crippen molar-refractivity contribution in [2.75, 3.05) is 6.61 Å². The molecule has 0 aromatic carbocycles. The quantitative estimate of drug-likeness (QED) is 0.337. The first-order valence-corrected chi connectivity index (χ1v) is 10.2. The topological polar surface area (TPSA) is 94.8 Å². The highest BCUT2D eigenvalue weighted by Crippen LogP contribution is 2.33. The van der Waals surface area contributed by atoms with Crippen molar-refractivity contribution in [3.63, 3.8) is 0 Å². The van der Waals surface area contributed by atoms with Crippen molar-refractivity contribution in [2.45, 2.75) is 83.3 Å². The van der Waals surface area contributed by atoms with Gasteiger partial charge in [-0.25, -0.2) is 0 Å². The van der Waals surface area contributed by atoms with E-state index < -0.39 is 18.3 Å². The van der Waals surface area contributed by atoms with Gasteiger partial charge in [0.1, 0.15) is 12.4 Å². The molecule has 1 fully saturated rings. The Morgan fingerprint density at radius 2 is 2.00 bits per heavy atom. The summed E-state index contributed by atoms with van der Waals surface area (Å²) in [6.07, 6.45) is 12.9. The average molecular weight is 381 g/mol. The summed E-state index contributed by atoms with van der Waals surface area (Å²) < 4.78 is 0. The third-order valence-electron chi connectivity index (χ3n) is 5.28. The molecule has 1 rings (SSSR count). The number of aliphatic hydroxyl groups excluding tert-OH is 2. The molecule has 0 aliphatic heterocycles. The first-order valence-electron chi connectivity index (χ1n) is 10.2. The van der Waals surface area contributed by atoms with E-state index in [2.05, 4.69) is 6.92 Å². The molecule has 0 bridgehead atoms. The van der Waals surface area contributed by atoms with Crippen LogP contribution in [0.4, 0.5) is 0 Å². The normalized spacial score (nSPS) is 25.5. The molecule has 1 aliphatic rings. The number of rotatable bonds is 13. The maximum absolute atomic E-state index is 12.2. The van der Waals surface area contributed by atoms with Gasteiger partial charge in [0.05, 0.1) is 11.7 Å². The van der Waals surface area contributed by atoms with Gasteiger partial charge in [0, 0.05) is 24.7 Å². The molecule has 5 heteroatoms. The van der Waals surface area contributed by atoms with E-state index in [1.54, 1.807) is 0 Å². The SMILES string of the molecule is CCCC[C@@](C)(O)CC=C[C@H]1[C@H](O)CC(=O)[C@@H]1CC=CCCCC(=O)CO. The Labute approximate surface area is 163 Å². The summed E-state index contributed by atoms with van der Waals surface area (Å²) >= 11 is 0. The van der Waals surface area contributed by atoms with Crippen LogP contribution < -0.4 is 0 Å². The Hall–Kier alpha value is -1.30. The second kappa shape index (κ2) is 12.2. The van der Waals surface area contributed by atoms with Crippen molar-refractivity contribution < 1.29 is 24.9 Å². The van der Waals surface area contributed by atoms with E-state index in [1.807, 2.05) is 31.2 Å². The Morgan fingerprint density at radius 1 is 1.26 bits per heavy atom. The first kappa shape index (κ1) is 23.7. The Morgan fingerprint density at radius 3 is 2.67 bits per heavy atom. The van der Waals surface area contributed by atoms with Crippen LogP contribution in [0, 0.1) is 11.8 Å². The van der Waals surface area contributed by atoms with E-state index in [0.717, 1.165) is 25.7 Å². The summed E-state index contributed by atoms with van der Waals surface area (Å²) in [4.78, 5) is 23.2. The number of hydrogen-bond donors (Lipinski definition) is 3. The molecule has 1 saturated carbocycles. The summed E-state index contributed by atoms with van der Waals surface area (Å²) in [5.74, 6) is -0.514. The molecule has 4 atom stereocenters. The van der Waals surface area contributed by atoms with Crippen molar-refractivity contribution in [2.24, 2.45) is 11.8 Å². The second-order valence-electron chi connectivity index (χ2n) is 7.95. The van der Waals surface area contributed by atoms with E-state index in [9.17, 15) is 19.8 Å². The summed E-state index contributed by atoms with van der Waals surface area (Å²) in [5.41, 5.74) is -0.749. The molecule has 27 heavy (non-hydrogen) atoms. The summed E-state index contributed by atoms with van der Waals surface area (Å²) in [7, 11) is 0. The van der Waals surface area contributed by atoms with Crippen LogP contribution in [0.3, 0.4) is 0 Å². The molecule has 0 amide bonds. The molecular formula is C22H36O5. The average Bonchev–Trinajstić information content (AvgIpc) is 2.89. The molecule has 0 saturated heterocycles. The van der Waals surface area contributed by atoms with Crippen LogP contribution in [0.25, 0.3) is 0 Å². The van der Waals surface area contributed by atoms with Gasteiger partial charge in [-0.2, -0.15) is 0 Å². The predicted octanol–water partition coefficient (Wildman–Crippen LogP) is 3.12. The van der Waals surface area contributed by atoms with E-state index in [-0.39, 0.29) is 29.8 Å². The monoisotopic (exact) mass is 380 g/mol. The second-order valence-corrected chi connectivity index (χ2v) is 7.95. The van der Waals surface area contributed by atoms with Crippen molar-refractivity contribution >= 4 is 11.6 Å². The zero-order valence-electron chi connectivity index (χ0n) is 16.8. The highest BCUT2D eigenvalue weighted by atomic mass is 16.3. The third-order valence-corrected chi connectivity index (χ3v) is 5.28. The van der Waals surface area contributed by atoms with Crippen LogP contribution >= 0.6 is 0 Å². The number of aliphatic hydroxyl groups is 3. The maximum atomic E-state index is 12.2. The lowest BCUT2D eigenvalue weighted by Gasteiger charge is -2.22. The minimum atomic E-state index is -0.749. The molecule has 0 aromatic rings. The lowest BCUT2D eigenvalue weighted by molar-refractivity contribution is -0.122. The molecule has 0 aromatic heterocycles. The fourth-order valence-electron chi connectivity index (χ4n) is 3.52. The number of hydrogen-bond acceptors (Lipinski definition) is 5. The van der Waals surface area contributed by atoms with Crippen molar-refractivity contribution in [1.82, 2.24) is 0 Å². The predicted molar refractivity (Wildman–Crippen MR) is 106 cm³/mol. The number of unbranched alkanes of at least 4 members (excludes halogenated alkanes) is 2. The van der Waals surface area contributed by atoms with Gasteiger partial charge < -0.3 is 15.3 Å². The van der Waals surface area contributed by atoms with Crippen molar-refractivity contribution in [1.29, 1.82) is 0 Å². The molecule has 0 heterocycles. The standard InChI is InChI=1S/C22H36O5/c1-3-4-13-22(2,27)14-9-12-19-18(20(25)15-21(19)26)11-8-6-5-7-10-17(24)16-23/h6,8-9,12,18-19,21,23,26-27H,3-5,7,10-11,13-16H2,1-2H3/t18-,19-,21-,22-/m1/s1. The van der Waals surface area contributed by atoms with Crippen LogP contribution in [0.5, 0.6) is 0 Å². The largest absolute Gasteiger partial charge is 0.392 e. The van der Waals surface area contributed by atoms with Gasteiger partial charge in [-0.3, -0.25) is 9.59 Å². The molecule has 0 unspecified atom stereocenters. The maximum Gasteiger partial charge on any atom is 0.158 e. The Kier molecular flexibility index (Phi) is 10.7. The fraction of sp³-hybridized carbons (Fsp3) is 0.727. The molecule has 0 radical (unpaired) electrons. The van der Waals surface area contributed by atoms with E-state index >= 15 is 0 Å². The van der Waals surface area contributed by atoms with E-state index in [4.69, 9.17) is 5.11 Å². The minimum absolute atomic E-state index is 0.0787. The van der Waals surface area contributed by atoms with Crippen LogP contribution in [0.2, 0.25) is 0 Å². The van der Waals surface area contributed by atoms with Gasteiger partial charge in [0.25, 0.3) is 0 Å². The number of Topliss-reactive ketones (excluding diaryl/α,β-unsaturated/α-hetero) is 2. The van der Waals surface area contributed by atoms with Gasteiger partial charge in [0.15, 0.2) is 5.78 Å². The van der Waals surface area contributed by atoms with Crippen LogP contribution in [-0.2, 0) is 9.59 Å². The van der Waals surface area contributed by atoms with Gasteiger partial charge in [-0.15, -0.1) is 0 Å². The van der Waals surface area contributed by atoms with Gasteiger partial charge in [-0.1, -0.05) is 44.1 Å². The number of allylic oxidation sites excluding steroid dienone is 2. The molecule has 3 N–H and O–H groups in total. The number of carbonyl (C=O) groups is 2. The third kappa shape index (κ3) is 8.96. The number of carbonyl (C=O) groups excluding carboxylic acids is 2. The van der Waals surface area contributed by atoms with Crippen molar-refractivity contribution in [3.05, 3.63) is 24.3 Å². The molecular weight excluding hydrogens is 344 g/mol. The van der Waals surface area contributed by atoms with Crippen LogP contribution in [0.15, 0.2) is 24.3 Å². The summed E-state index contributed by atoms with van der Waals surface area (Å²) in [6, 6.07) is 0. The molecule has 5 nitrogen and oxygen atoms in total. The fourth-order valence-corrected chi connectivity index (χ4v) is 3.52. The van der Waals surface area contributed by atoms with E-state index in [1.165, 1.54) is 0 Å². The van der Waals surface area contributed by atoms with Gasteiger partial charge in [0.2, 0.25) is 0 Å². The smallest absolute Gasteiger partial charge is 0.158 e. The lowest BCUT2D eigenvalue weighted by Crippen LogP contribution is -2.23. The highest BCUT2D eigenvalue weighted by molar-refractivity contribution is 5.84. The Bertz CT molecular complexity index is 521. The summed E-state index contributed by atoms with van der Waals surface area (Å²) in [6.45, 7) is 3.51. The minimum Gasteiger partial charge on any atom is -0.392 e. The van der Waals surface area contributed by atoms with Gasteiger partial charge >= 0.3 is 0 Å². The molecule has 1 aliphatic carbocycles. The summed E-state index contributed by atoms with van der Waals surface area (Å²) in [5, 5.41) is 29.2. The van der Waals surface area contributed by atoms with Gasteiger partial charge in [-0.05, 0) is 39.0 Å². The van der Waals surface area contributed by atoms with Crippen molar-refractivity contribution in [3.8, 4) is 0 Å².